The number of piperazine rings is 1. The fourth-order valence-electron chi connectivity index (χ4n) is 4.92. The minimum absolute atomic E-state index is 0.0795. The van der Waals surface area contributed by atoms with Gasteiger partial charge in [0.15, 0.2) is 11.6 Å². The zero-order valence-electron chi connectivity index (χ0n) is 24.0. The second kappa shape index (κ2) is 15.1. The van der Waals surface area contributed by atoms with Crippen molar-refractivity contribution in [3.8, 4) is 11.5 Å². The van der Waals surface area contributed by atoms with Crippen LogP contribution in [0.4, 0.5) is 18.0 Å². The normalized spacial score (nSPS) is 16.7. The van der Waals surface area contributed by atoms with Crippen LogP contribution in [-0.4, -0.2) is 101 Å². The maximum atomic E-state index is 13.9. The number of aliphatic carboxylic acids is 2. The van der Waals surface area contributed by atoms with Gasteiger partial charge < -0.3 is 40.1 Å². The highest BCUT2D eigenvalue weighted by molar-refractivity contribution is 5.89. The summed E-state index contributed by atoms with van der Waals surface area (Å²) >= 11 is 0. The summed E-state index contributed by atoms with van der Waals surface area (Å²) in [6.07, 6.45) is 0.932. The molecule has 238 valence electrons. The third kappa shape index (κ3) is 8.86. The summed E-state index contributed by atoms with van der Waals surface area (Å²) in [6.45, 7) is 1.86. The van der Waals surface area contributed by atoms with Gasteiger partial charge in [0, 0.05) is 62.4 Å². The molecule has 4 rings (SSSR count). The molecule has 2 aliphatic heterocycles. The molecule has 1 unspecified atom stereocenters. The summed E-state index contributed by atoms with van der Waals surface area (Å²) in [5.74, 6) is -4.77. The SMILES string of the molecule is COc1ccc(OC)c(CN2CC3CN(C(=O)C[C@H](N)Cc4cc(F)c(F)cc4F)CCN3C2=O)c1.O=C(O)/C=C/C(=O)O. The molecule has 2 atom stereocenters. The van der Waals surface area contributed by atoms with Gasteiger partial charge in [-0.05, 0) is 36.2 Å². The predicted octanol–water partition coefficient (Wildman–Crippen LogP) is 2.24. The van der Waals surface area contributed by atoms with E-state index in [2.05, 4.69) is 0 Å². The van der Waals surface area contributed by atoms with Crippen LogP contribution >= 0.6 is 0 Å². The summed E-state index contributed by atoms with van der Waals surface area (Å²) in [6, 6.07) is 5.60. The minimum Gasteiger partial charge on any atom is -0.497 e. The lowest BCUT2D eigenvalue weighted by atomic mass is 10.0. The topological polar surface area (TPSA) is 163 Å². The van der Waals surface area contributed by atoms with Gasteiger partial charge in [0.1, 0.15) is 17.3 Å². The number of carbonyl (C=O) groups excluding carboxylic acids is 2. The third-order valence-corrected chi connectivity index (χ3v) is 7.01. The molecular weight excluding hydrogens is 589 g/mol. The lowest BCUT2D eigenvalue weighted by molar-refractivity contribution is -0.134. The van der Waals surface area contributed by atoms with Crippen molar-refractivity contribution < 1.29 is 52.0 Å². The van der Waals surface area contributed by atoms with Crippen LogP contribution in [0.3, 0.4) is 0 Å². The van der Waals surface area contributed by atoms with Crippen molar-refractivity contribution in [3.63, 3.8) is 0 Å². The molecule has 0 bridgehead atoms. The first-order valence-electron chi connectivity index (χ1n) is 13.4. The largest absolute Gasteiger partial charge is 0.497 e. The Labute approximate surface area is 251 Å². The van der Waals surface area contributed by atoms with Gasteiger partial charge in [-0.1, -0.05) is 0 Å². The number of hydrogen-bond acceptors (Lipinski definition) is 7. The molecule has 15 heteroatoms. The summed E-state index contributed by atoms with van der Waals surface area (Å²) < 4.78 is 51.3. The first kappa shape index (κ1) is 33.7. The number of amides is 3. The highest BCUT2D eigenvalue weighted by Crippen LogP contribution is 2.29. The van der Waals surface area contributed by atoms with Gasteiger partial charge in [-0.3, -0.25) is 4.79 Å². The summed E-state index contributed by atoms with van der Waals surface area (Å²) in [5.41, 5.74) is 6.77. The second-order valence-corrected chi connectivity index (χ2v) is 10.1. The Morgan fingerprint density at radius 3 is 2.23 bits per heavy atom. The van der Waals surface area contributed by atoms with E-state index in [0.717, 1.165) is 11.6 Å². The molecule has 0 radical (unpaired) electrons. The number of urea groups is 1. The van der Waals surface area contributed by atoms with E-state index < -0.39 is 35.4 Å². The van der Waals surface area contributed by atoms with Crippen LogP contribution in [0, 0.1) is 17.5 Å². The summed E-state index contributed by atoms with van der Waals surface area (Å²) in [4.78, 5) is 50.1. The number of nitrogens with zero attached hydrogens (tertiary/aromatic N) is 3. The minimum atomic E-state index is -1.27. The molecule has 2 aromatic carbocycles. The molecule has 0 aliphatic carbocycles. The highest BCUT2D eigenvalue weighted by atomic mass is 19.2. The Morgan fingerprint density at radius 1 is 0.955 bits per heavy atom. The van der Waals surface area contributed by atoms with Crippen molar-refractivity contribution in [2.45, 2.75) is 31.5 Å². The number of carbonyl (C=O) groups is 4. The lowest BCUT2D eigenvalue weighted by Crippen LogP contribution is -2.54. The van der Waals surface area contributed by atoms with E-state index >= 15 is 0 Å². The Kier molecular flexibility index (Phi) is 11.6. The summed E-state index contributed by atoms with van der Waals surface area (Å²) in [5, 5.41) is 15.6. The second-order valence-electron chi connectivity index (χ2n) is 10.1. The molecule has 2 aromatic rings. The molecule has 12 nitrogen and oxygen atoms in total. The fourth-order valence-corrected chi connectivity index (χ4v) is 4.92. The number of nitrogens with two attached hydrogens (primary N) is 1. The van der Waals surface area contributed by atoms with Gasteiger partial charge in [0.2, 0.25) is 5.91 Å². The average molecular weight is 623 g/mol. The third-order valence-electron chi connectivity index (χ3n) is 7.01. The van der Waals surface area contributed by atoms with Crippen molar-refractivity contribution in [2.24, 2.45) is 5.73 Å². The molecule has 0 saturated carbocycles. The van der Waals surface area contributed by atoms with Crippen molar-refractivity contribution in [1.29, 1.82) is 0 Å². The molecular formula is C29H33F3N4O8. The van der Waals surface area contributed by atoms with Gasteiger partial charge >= 0.3 is 18.0 Å². The van der Waals surface area contributed by atoms with E-state index in [1.165, 1.54) is 0 Å². The maximum Gasteiger partial charge on any atom is 0.328 e. The fraction of sp³-hybridized carbons (Fsp3) is 0.379. The molecule has 0 aromatic heterocycles. The van der Waals surface area contributed by atoms with E-state index in [9.17, 15) is 32.3 Å². The number of benzene rings is 2. The van der Waals surface area contributed by atoms with Crippen LogP contribution in [0.25, 0.3) is 0 Å². The van der Waals surface area contributed by atoms with Crippen LogP contribution in [0.5, 0.6) is 11.5 Å². The maximum absolute atomic E-state index is 13.9. The summed E-state index contributed by atoms with van der Waals surface area (Å²) in [7, 11) is 3.13. The molecule has 0 spiro atoms. The average Bonchev–Trinajstić information content (AvgIpc) is 3.28. The van der Waals surface area contributed by atoms with Gasteiger partial charge in [-0.15, -0.1) is 0 Å². The van der Waals surface area contributed by atoms with Crippen LogP contribution < -0.4 is 15.2 Å². The van der Waals surface area contributed by atoms with Gasteiger partial charge in [0.05, 0.1) is 26.8 Å². The Balaban J connectivity index is 0.000000583. The number of carboxylic acids is 2. The van der Waals surface area contributed by atoms with Crippen LogP contribution in [0.1, 0.15) is 17.5 Å². The molecule has 3 amide bonds. The van der Waals surface area contributed by atoms with Gasteiger partial charge in [-0.2, -0.15) is 0 Å². The van der Waals surface area contributed by atoms with Crippen molar-refractivity contribution in [2.75, 3.05) is 40.4 Å². The number of rotatable bonds is 10. The molecule has 2 heterocycles. The Bertz CT molecular complexity index is 1410. The van der Waals surface area contributed by atoms with Gasteiger partial charge in [0.25, 0.3) is 0 Å². The monoisotopic (exact) mass is 622 g/mol. The zero-order chi connectivity index (χ0) is 32.6. The molecule has 2 aliphatic rings. The van der Waals surface area contributed by atoms with E-state index in [0.29, 0.717) is 62.4 Å². The van der Waals surface area contributed by atoms with Crippen molar-refractivity contribution in [1.82, 2.24) is 14.7 Å². The van der Waals surface area contributed by atoms with Crippen LogP contribution in [0.15, 0.2) is 42.5 Å². The van der Waals surface area contributed by atoms with Gasteiger partial charge in [-0.25, -0.2) is 27.6 Å². The zero-order valence-corrected chi connectivity index (χ0v) is 24.0. The first-order chi connectivity index (χ1) is 20.8. The molecule has 2 fully saturated rings. The number of halogens is 3. The van der Waals surface area contributed by atoms with E-state index in [-0.39, 0.29) is 36.4 Å². The lowest BCUT2D eigenvalue weighted by Gasteiger charge is -2.36. The Morgan fingerprint density at radius 2 is 1.61 bits per heavy atom. The van der Waals surface area contributed by atoms with E-state index in [1.54, 1.807) is 41.1 Å². The quantitative estimate of drug-likeness (QED) is 0.266. The number of fused-ring (bicyclic) bond motifs is 1. The number of ether oxygens (including phenoxy) is 2. The molecule has 4 N–H and O–H groups in total. The highest BCUT2D eigenvalue weighted by Gasteiger charge is 2.41. The van der Waals surface area contributed by atoms with Crippen molar-refractivity contribution in [3.05, 3.63) is 71.1 Å². The van der Waals surface area contributed by atoms with E-state index in [1.807, 2.05) is 6.07 Å². The number of hydrogen-bond donors (Lipinski definition) is 3. The number of methoxy groups -OCH3 is 2. The smallest absolute Gasteiger partial charge is 0.328 e. The predicted molar refractivity (Wildman–Crippen MR) is 149 cm³/mol. The number of carboxylic acid groups (broad SMARTS) is 2. The molecule has 44 heavy (non-hydrogen) atoms. The van der Waals surface area contributed by atoms with E-state index in [4.69, 9.17) is 25.4 Å². The first-order valence-corrected chi connectivity index (χ1v) is 13.4. The molecule has 2 saturated heterocycles. The van der Waals surface area contributed by atoms with Crippen LogP contribution in [0.2, 0.25) is 0 Å². The Hall–Kier alpha value is -4.79. The standard InChI is InChI=1S/C25H29F3N4O4.C4H4O4/c1-35-19-3-4-23(36-2)16(8-19)12-31-14-18-13-30(5-6-32(18)25(31)34)24(33)10-17(29)7-15-9-21(27)22(28)11-20(15)26;5-3(6)1-2-4(7)8/h3-4,8-9,11,17-18H,5-7,10,12-14,29H2,1-2H3;1-2H,(H,5,6)(H,7,8)/b;2-1+/t17-,18?;/m1./s1. The van der Waals surface area contributed by atoms with Crippen LogP contribution in [-0.2, 0) is 27.3 Å². The van der Waals surface area contributed by atoms with Crippen molar-refractivity contribution >= 4 is 23.9 Å².